The Bertz CT molecular complexity index is 304. The van der Waals surface area contributed by atoms with Crippen LogP contribution < -0.4 is 5.32 Å². The Labute approximate surface area is 91.9 Å². The van der Waals surface area contributed by atoms with Gasteiger partial charge in [-0.15, -0.1) is 0 Å². The Morgan fingerprint density at radius 1 is 1.50 bits per heavy atom. The molecule has 0 saturated heterocycles. The zero-order valence-electron chi connectivity index (χ0n) is 8.00. The van der Waals surface area contributed by atoms with Gasteiger partial charge in [-0.2, -0.15) is 0 Å². The Hall–Kier alpha value is -0.580. The van der Waals surface area contributed by atoms with Crippen LogP contribution in [-0.4, -0.2) is 29.5 Å². The van der Waals surface area contributed by atoms with E-state index in [1.807, 2.05) is 25.1 Å². The van der Waals surface area contributed by atoms with Crippen molar-refractivity contribution in [2.24, 2.45) is 0 Å². The number of hydrogen-bond donors (Lipinski definition) is 3. The summed E-state index contributed by atoms with van der Waals surface area (Å²) in [7, 11) is 0. The number of anilines is 1. The summed E-state index contributed by atoms with van der Waals surface area (Å²) in [5.41, 5.74) is 2.09. The zero-order chi connectivity index (χ0) is 10.6. The summed E-state index contributed by atoms with van der Waals surface area (Å²) in [6.07, 6.45) is -0.713. The molecule has 0 aliphatic heterocycles. The third-order valence-corrected chi connectivity index (χ3v) is 2.78. The molecule has 0 aliphatic rings. The fraction of sp³-hybridized carbons (Fsp3) is 0.400. The molecule has 0 fully saturated rings. The van der Waals surface area contributed by atoms with Crippen LogP contribution in [0.25, 0.3) is 0 Å². The number of halogens is 1. The first-order valence-corrected chi connectivity index (χ1v) is 5.21. The first kappa shape index (κ1) is 11.5. The maximum Gasteiger partial charge on any atom is 0.0942 e. The van der Waals surface area contributed by atoms with Crippen LogP contribution in [0.4, 0.5) is 5.69 Å². The van der Waals surface area contributed by atoms with Crippen molar-refractivity contribution in [3.63, 3.8) is 0 Å². The van der Waals surface area contributed by atoms with Crippen LogP contribution >= 0.6 is 15.9 Å². The van der Waals surface area contributed by atoms with E-state index in [1.165, 1.54) is 5.56 Å². The summed E-state index contributed by atoms with van der Waals surface area (Å²) in [6.45, 7) is 2.14. The van der Waals surface area contributed by atoms with E-state index in [-0.39, 0.29) is 6.61 Å². The molecule has 3 nitrogen and oxygen atoms in total. The van der Waals surface area contributed by atoms with Gasteiger partial charge >= 0.3 is 0 Å². The van der Waals surface area contributed by atoms with Crippen molar-refractivity contribution in [3.8, 4) is 0 Å². The molecule has 0 spiro atoms. The Morgan fingerprint density at radius 3 is 2.79 bits per heavy atom. The first-order valence-electron chi connectivity index (χ1n) is 4.42. The van der Waals surface area contributed by atoms with Crippen molar-refractivity contribution in [3.05, 3.63) is 28.2 Å². The van der Waals surface area contributed by atoms with Crippen LogP contribution in [0.3, 0.4) is 0 Å². The number of rotatable bonds is 4. The maximum atomic E-state index is 9.12. The molecule has 0 aromatic heterocycles. The molecule has 0 aliphatic carbocycles. The number of aryl methyl sites for hydroxylation is 1. The van der Waals surface area contributed by atoms with Gasteiger partial charge in [0.2, 0.25) is 0 Å². The molecule has 4 heteroatoms. The van der Waals surface area contributed by atoms with Crippen molar-refractivity contribution >= 4 is 21.6 Å². The Balaban J connectivity index is 2.55. The van der Waals surface area contributed by atoms with E-state index in [4.69, 9.17) is 10.2 Å². The van der Waals surface area contributed by atoms with Crippen molar-refractivity contribution in [2.45, 2.75) is 13.0 Å². The monoisotopic (exact) mass is 259 g/mol. The molecule has 0 bridgehead atoms. The van der Waals surface area contributed by atoms with E-state index in [2.05, 4.69) is 21.2 Å². The largest absolute Gasteiger partial charge is 0.394 e. The number of nitrogens with one attached hydrogen (secondary N) is 1. The molecule has 1 unspecified atom stereocenters. The summed E-state index contributed by atoms with van der Waals surface area (Å²) in [4.78, 5) is 0. The summed E-state index contributed by atoms with van der Waals surface area (Å²) in [5, 5.41) is 20.8. The van der Waals surface area contributed by atoms with Gasteiger partial charge < -0.3 is 15.5 Å². The van der Waals surface area contributed by atoms with Crippen LogP contribution in [0.15, 0.2) is 22.7 Å². The van der Waals surface area contributed by atoms with Crippen molar-refractivity contribution in [2.75, 3.05) is 18.5 Å². The summed E-state index contributed by atoms with van der Waals surface area (Å²) in [6, 6.07) is 5.86. The molecule has 1 rings (SSSR count). The highest BCUT2D eigenvalue weighted by Crippen LogP contribution is 2.20. The molecule has 0 saturated carbocycles. The second kappa shape index (κ2) is 5.34. The topological polar surface area (TPSA) is 52.5 Å². The lowest BCUT2D eigenvalue weighted by atomic mass is 10.2. The highest BCUT2D eigenvalue weighted by molar-refractivity contribution is 9.10. The van der Waals surface area contributed by atoms with Crippen molar-refractivity contribution in [1.29, 1.82) is 0 Å². The lowest BCUT2D eigenvalue weighted by Crippen LogP contribution is -2.22. The molecule has 14 heavy (non-hydrogen) atoms. The van der Waals surface area contributed by atoms with E-state index in [9.17, 15) is 0 Å². The van der Waals surface area contributed by atoms with Gasteiger partial charge in [0.15, 0.2) is 0 Å². The van der Waals surface area contributed by atoms with Crippen LogP contribution in [0.5, 0.6) is 0 Å². The fourth-order valence-corrected chi connectivity index (χ4v) is 1.38. The minimum absolute atomic E-state index is 0.222. The number of aliphatic hydroxyl groups is 2. The predicted octanol–water partition coefficient (Wildman–Crippen LogP) is 1.52. The third-order valence-electron chi connectivity index (χ3n) is 1.92. The summed E-state index contributed by atoms with van der Waals surface area (Å²) >= 11 is 3.42. The number of hydrogen-bond acceptors (Lipinski definition) is 3. The van der Waals surface area contributed by atoms with Gasteiger partial charge in [-0.25, -0.2) is 0 Å². The smallest absolute Gasteiger partial charge is 0.0942 e. The lowest BCUT2D eigenvalue weighted by Gasteiger charge is -2.10. The van der Waals surface area contributed by atoms with E-state index in [0.717, 1.165) is 10.2 Å². The van der Waals surface area contributed by atoms with Gasteiger partial charge in [-0.05, 0) is 24.6 Å². The lowest BCUT2D eigenvalue weighted by molar-refractivity contribution is 0.105. The molecule has 0 radical (unpaired) electrons. The standard InChI is InChI=1S/C10H14BrNO2/c1-7-2-3-8(4-10(7)11)12-5-9(14)6-13/h2-4,9,12-14H,5-6H2,1H3. The molecule has 3 N–H and O–H groups in total. The summed E-state index contributed by atoms with van der Waals surface area (Å²) < 4.78 is 1.03. The number of aliphatic hydroxyl groups excluding tert-OH is 2. The van der Waals surface area contributed by atoms with Crippen molar-refractivity contribution in [1.82, 2.24) is 0 Å². The minimum atomic E-state index is -0.713. The molecular weight excluding hydrogens is 246 g/mol. The highest BCUT2D eigenvalue weighted by atomic mass is 79.9. The SMILES string of the molecule is Cc1ccc(NCC(O)CO)cc1Br. The fourth-order valence-electron chi connectivity index (χ4n) is 1.00. The van der Waals surface area contributed by atoms with Gasteiger partial charge in [0, 0.05) is 16.7 Å². The van der Waals surface area contributed by atoms with Crippen LogP contribution in [-0.2, 0) is 0 Å². The predicted molar refractivity (Wildman–Crippen MR) is 60.5 cm³/mol. The second-order valence-corrected chi connectivity index (χ2v) is 4.04. The van der Waals surface area contributed by atoms with Gasteiger partial charge in [-0.3, -0.25) is 0 Å². The average Bonchev–Trinajstić information content (AvgIpc) is 2.19. The van der Waals surface area contributed by atoms with Gasteiger partial charge in [-0.1, -0.05) is 22.0 Å². The van der Waals surface area contributed by atoms with E-state index >= 15 is 0 Å². The van der Waals surface area contributed by atoms with Crippen molar-refractivity contribution < 1.29 is 10.2 Å². The molecule has 1 aromatic rings. The van der Waals surface area contributed by atoms with E-state index in [1.54, 1.807) is 0 Å². The van der Waals surface area contributed by atoms with Gasteiger partial charge in [0.25, 0.3) is 0 Å². The first-order chi connectivity index (χ1) is 6.63. The molecular formula is C10H14BrNO2. The molecule has 78 valence electrons. The van der Waals surface area contributed by atoms with Crippen LogP contribution in [0.1, 0.15) is 5.56 Å². The third kappa shape index (κ3) is 3.29. The highest BCUT2D eigenvalue weighted by Gasteiger charge is 2.02. The van der Waals surface area contributed by atoms with E-state index < -0.39 is 6.10 Å². The Morgan fingerprint density at radius 2 is 2.21 bits per heavy atom. The molecule has 0 amide bonds. The average molecular weight is 260 g/mol. The normalized spacial score (nSPS) is 12.6. The molecule has 1 aromatic carbocycles. The van der Waals surface area contributed by atoms with E-state index in [0.29, 0.717) is 6.54 Å². The second-order valence-electron chi connectivity index (χ2n) is 3.18. The zero-order valence-corrected chi connectivity index (χ0v) is 9.58. The molecule has 0 heterocycles. The maximum absolute atomic E-state index is 9.12. The Kier molecular flexibility index (Phi) is 4.38. The number of benzene rings is 1. The summed E-state index contributed by atoms with van der Waals surface area (Å²) in [5.74, 6) is 0. The quantitative estimate of drug-likeness (QED) is 0.769. The van der Waals surface area contributed by atoms with Crippen LogP contribution in [0, 0.1) is 6.92 Å². The van der Waals surface area contributed by atoms with Gasteiger partial charge in [0.05, 0.1) is 12.7 Å². The minimum Gasteiger partial charge on any atom is -0.394 e. The van der Waals surface area contributed by atoms with Crippen LogP contribution in [0.2, 0.25) is 0 Å². The molecule has 1 atom stereocenters. The van der Waals surface area contributed by atoms with Gasteiger partial charge in [0.1, 0.15) is 0 Å².